The number of para-hydroxylation sites is 1. The molecule has 0 bridgehead atoms. The van der Waals surface area contributed by atoms with Crippen LogP contribution in [0.3, 0.4) is 0 Å². The Kier molecular flexibility index (Phi) is 5.31. The molecular weight excluding hydrogens is 336 g/mol. The molecule has 25 heavy (non-hydrogen) atoms. The number of amides is 1. The fourth-order valence-electron chi connectivity index (χ4n) is 2.29. The van der Waals surface area contributed by atoms with Gasteiger partial charge in [-0.25, -0.2) is 9.97 Å². The summed E-state index contributed by atoms with van der Waals surface area (Å²) in [7, 11) is 0. The van der Waals surface area contributed by atoms with Crippen LogP contribution < -0.4 is 5.32 Å². The van der Waals surface area contributed by atoms with Gasteiger partial charge in [0, 0.05) is 35.6 Å². The number of hydrogen-bond donors (Lipinski definition) is 1. The molecule has 0 fully saturated rings. The van der Waals surface area contributed by atoms with Gasteiger partial charge in [0.1, 0.15) is 5.58 Å². The van der Waals surface area contributed by atoms with Gasteiger partial charge in [-0.15, -0.1) is 0 Å². The summed E-state index contributed by atoms with van der Waals surface area (Å²) in [4.78, 5) is 20.9. The van der Waals surface area contributed by atoms with Crippen molar-refractivity contribution in [1.82, 2.24) is 15.3 Å². The highest BCUT2D eigenvalue weighted by Crippen LogP contribution is 2.30. The lowest BCUT2D eigenvalue weighted by atomic mass is 10.1. The van der Waals surface area contributed by atoms with Gasteiger partial charge in [0.25, 0.3) is 5.91 Å². The lowest BCUT2D eigenvalue weighted by Gasteiger charge is -2.06. The molecule has 0 radical (unpaired) electrons. The SMILES string of the molecule is CC(C#N)CNC(=O)c1oc2ccccc2c1CSc1ncccn1. The average molecular weight is 352 g/mol. The molecule has 1 unspecified atom stereocenters. The Hall–Kier alpha value is -2.85. The van der Waals surface area contributed by atoms with Gasteiger partial charge in [0.2, 0.25) is 0 Å². The van der Waals surface area contributed by atoms with Crippen LogP contribution in [-0.2, 0) is 5.75 Å². The largest absolute Gasteiger partial charge is 0.451 e. The first-order valence-corrected chi connectivity index (χ1v) is 8.75. The van der Waals surface area contributed by atoms with Crippen molar-refractivity contribution in [3.8, 4) is 6.07 Å². The lowest BCUT2D eigenvalue weighted by Crippen LogP contribution is -2.28. The Morgan fingerprint density at radius 3 is 2.84 bits per heavy atom. The Labute approximate surface area is 149 Å². The molecule has 1 amide bonds. The van der Waals surface area contributed by atoms with Gasteiger partial charge < -0.3 is 9.73 Å². The molecule has 0 aliphatic rings. The van der Waals surface area contributed by atoms with Crippen molar-refractivity contribution in [3.05, 3.63) is 54.0 Å². The Balaban J connectivity index is 1.86. The number of nitrogens with one attached hydrogen (secondary N) is 1. The average Bonchev–Trinajstić information content (AvgIpc) is 3.03. The van der Waals surface area contributed by atoms with E-state index in [-0.39, 0.29) is 24.1 Å². The van der Waals surface area contributed by atoms with Gasteiger partial charge in [0.15, 0.2) is 10.9 Å². The fourth-order valence-corrected chi connectivity index (χ4v) is 3.12. The number of fused-ring (bicyclic) bond motifs is 1. The van der Waals surface area contributed by atoms with Crippen molar-refractivity contribution < 1.29 is 9.21 Å². The highest BCUT2D eigenvalue weighted by molar-refractivity contribution is 7.98. The van der Waals surface area contributed by atoms with Gasteiger partial charge in [-0.1, -0.05) is 30.0 Å². The molecular formula is C18H16N4O2S. The second kappa shape index (κ2) is 7.81. The van der Waals surface area contributed by atoms with Gasteiger partial charge in [0.05, 0.1) is 12.0 Å². The van der Waals surface area contributed by atoms with E-state index in [1.165, 1.54) is 11.8 Å². The molecule has 0 saturated heterocycles. The number of furan rings is 1. The zero-order valence-electron chi connectivity index (χ0n) is 13.6. The second-order valence-corrected chi connectivity index (χ2v) is 6.41. The van der Waals surface area contributed by atoms with Gasteiger partial charge in [-0.3, -0.25) is 4.79 Å². The normalized spacial score (nSPS) is 11.8. The molecule has 126 valence electrons. The predicted molar refractivity (Wildman–Crippen MR) is 94.9 cm³/mol. The van der Waals surface area contributed by atoms with Crippen LogP contribution in [0.2, 0.25) is 0 Å². The summed E-state index contributed by atoms with van der Waals surface area (Å²) in [6, 6.07) is 11.4. The first kappa shape index (κ1) is 17.0. The summed E-state index contributed by atoms with van der Waals surface area (Å²) in [6.45, 7) is 2.03. The predicted octanol–water partition coefficient (Wildman–Crippen LogP) is 3.40. The number of nitrogens with zero attached hydrogens (tertiary/aromatic N) is 3. The van der Waals surface area contributed by atoms with Gasteiger partial charge >= 0.3 is 0 Å². The van der Waals surface area contributed by atoms with Gasteiger partial charge in [-0.2, -0.15) is 5.26 Å². The third-order valence-corrected chi connectivity index (χ3v) is 4.48. The van der Waals surface area contributed by atoms with E-state index < -0.39 is 0 Å². The number of aromatic nitrogens is 2. The first-order valence-electron chi connectivity index (χ1n) is 7.77. The van der Waals surface area contributed by atoms with Crippen molar-refractivity contribution >= 4 is 28.6 Å². The van der Waals surface area contributed by atoms with E-state index in [1.54, 1.807) is 25.4 Å². The molecule has 1 aromatic carbocycles. The number of rotatable bonds is 6. The van der Waals surface area contributed by atoms with E-state index in [0.29, 0.717) is 16.5 Å². The van der Waals surface area contributed by atoms with E-state index in [0.717, 1.165) is 10.9 Å². The van der Waals surface area contributed by atoms with Crippen molar-refractivity contribution in [2.24, 2.45) is 5.92 Å². The zero-order valence-corrected chi connectivity index (χ0v) is 14.4. The number of carbonyl (C=O) groups is 1. The third kappa shape index (κ3) is 3.98. The summed E-state index contributed by atoms with van der Waals surface area (Å²) < 4.78 is 5.77. The molecule has 3 rings (SSSR count). The topological polar surface area (TPSA) is 91.8 Å². The summed E-state index contributed by atoms with van der Waals surface area (Å²) in [5, 5.41) is 13.1. The van der Waals surface area contributed by atoms with Crippen LogP contribution in [0.4, 0.5) is 0 Å². The molecule has 1 N–H and O–H groups in total. The maximum Gasteiger partial charge on any atom is 0.287 e. The number of thioether (sulfide) groups is 1. The highest BCUT2D eigenvalue weighted by Gasteiger charge is 2.21. The van der Waals surface area contributed by atoms with E-state index in [1.807, 2.05) is 24.3 Å². The second-order valence-electron chi connectivity index (χ2n) is 5.47. The minimum absolute atomic E-state index is 0.260. The molecule has 3 aromatic rings. The first-order chi connectivity index (χ1) is 12.2. The number of carbonyl (C=O) groups excluding carboxylic acids is 1. The van der Waals surface area contributed by atoms with Crippen LogP contribution in [0.5, 0.6) is 0 Å². The maximum absolute atomic E-state index is 12.5. The highest BCUT2D eigenvalue weighted by atomic mass is 32.2. The lowest BCUT2D eigenvalue weighted by molar-refractivity contribution is 0.0924. The van der Waals surface area contributed by atoms with Crippen LogP contribution in [0.1, 0.15) is 23.0 Å². The third-order valence-electron chi connectivity index (χ3n) is 3.58. The van der Waals surface area contributed by atoms with Crippen LogP contribution in [0, 0.1) is 17.2 Å². The molecule has 0 spiro atoms. The minimum atomic E-state index is -0.317. The van der Waals surface area contributed by atoms with Crippen LogP contribution in [0.15, 0.2) is 52.3 Å². The maximum atomic E-state index is 12.5. The molecule has 2 aromatic heterocycles. The van der Waals surface area contributed by atoms with Crippen LogP contribution in [-0.4, -0.2) is 22.4 Å². The Bertz CT molecular complexity index is 918. The number of nitriles is 1. The summed E-state index contributed by atoms with van der Waals surface area (Å²) in [5.41, 5.74) is 1.46. The monoisotopic (exact) mass is 352 g/mol. The zero-order chi connectivity index (χ0) is 17.6. The standard InChI is InChI=1S/C18H16N4O2S/c1-12(9-19)10-22-17(23)16-14(11-25-18-20-7-4-8-21-18)13-5-2-3-6-15(13)24-16/h2-8,12H,10-11H2,1H3,(H,22,23). The van der Waals surface area contributed by atoms with Crippen molar-refractivity contribution in [2.75, 3.05) is 6.54 Å². The number of hydrogen-bond acceptors (Lipinski definition) is 6. The minimum Gasteiger partial charge on any atom is -0.451 e. The fraction of sp³-hybridized carbons (Fsp3) is 0.222. The smallest absolute Gasteiger partial charge is 0.287 e. The van der Waals surface area contributed by atoms with E-state index >= 15 is 0 Å². The van der Waals surface area contributed by atoms with E-state index in [9.17, 15) is 4.79 Å². The van der Waals surface area contributed by atoms with Crippen molar-refractivity contribution in [1.29, 1.82) is 5.26 Å². The molecule has 1 atom stereocenters. The molecule has 6 nitrogen and oxygen atoms in total. The van der Waals surface area contributed by atoms with Crippen molar-refractivity contribution in [3.63, 3.8) is 0 Å². The Morgan fingerprint density at radius 2 is 2.08 bits per heavy atom. The van der Waals surface area contributed by atoms with Crippen LogP contribution >= 0.6 is 11.8 Å². The Morgan fingerprint density at radius 1 is 1.32 bits per heavy atom. The summed E-state index contributed by atoms with van der Waals surface area (Å²) in [5.74, 6) is 0.207. The van der Waals surface area contributed by atoms with Crippen molar-refractivity contribution in [2.45, 2.75) is 17.8 Å². The van der Waals surface area contributed by atoms with E-state index in [4.69, 9.17) is 9.68 Å². The van der Waals surface area contributed by atoms with Crippen LogP contribution in [0.25, 0.3) is 11.0 Å². The summed E-state index contributed by atoms with van der Waals surface area (Å²) in [6.07, 6.45) is 3.36. The molecule has 0 aliphatic carbocycles. The van der Waals surface area contributed by atoms with E-state index in [2.05, 4.69) is 21.4 Å². The molecule has 7 heteroatoms. The number of benzene rings is 1. The molecule has 0 saturated carbocycles. The summed E-state index contributed by atoms with van der Waals surface area (Å²) >= 11 is 1.44. The van der Waals surface area contributed by atoms with Gasteiger partial charge in [-0.05, 0) is 19.1 Å². The molecule has 0 aliphatic heterocycles. The quantitative estimate of drug-likeness (QED) is 0.540. The molecule has 2 heterocycles.